The zero-order valence-corrected chi connectivity index (χ0v) is 16.1. The number of aromatic amines is 1. The zero-order chi connectivity index (χ0) is 20.3. The number of carbonyl (C=O) groups is 2. The van der Waals surface area contributed by atoms with E-state index in [-0.39, 0.29) is 24.1 Å². The first-order chi connectivity index (χ1) is 13.3. The monoisotopic (exact) mass is 382 g/mol. The van der Waals surface area contributed by atoms with Gasteiger partial charge in [-0.25, -0.2) is 4.39 Å². The summed E-state index contributed by atoms with van der Waals surface area (Å²) in [4.78, 5) is 29.0. The Kier molecular flexibility index (Phi) is 5.75. The first-order valence-corrected chi connectivity index (χ1v) is 8.93. The molecule has 1 aromatic heterocycles. The van der Waals surface area contributed by atoms with Crippen LogP contribution in [0.3, 0.4) is 0 Å². The zero-order valence-electron chi connectivity index (χ0n) is 16.1. The molecule has 0 radical (unpaired) electrons. The number of hydrogen-bond acceptors (Lipinski definition) is 3. The van der Waals surface area contributed by atoms with Gasteiger partial charge in [0.15, 0.2) is 0 Å². The number of halogens is 1. The molecule has 6 nitrogen and oxygen atoms in total. The minimum atomic E-state index is -0.334. The van der Waals surface area contributed by atoms with E-state index in [2.05, 4.69) is 15.6 Å². The van der Waals surface area contributed by atoms with Gasteiger partial charge >= 0.3 is 0 Å². The minimum absolute atomic E-state index is 0.108. The lowest BCUT2D eigenvalue weighted by Crippen LogP contribution is -2.27. The van der Waals surface area contributed by atoms with Gasteiger partial charge in [-0.3, -0.25) is 9.59 Å². The van der Waals surface area contributed by atoms with Crippen LogP contribution in [0.2, 0.25) is 0 Å². The molecule has 1 heterocycles. The number of hydrogen-bond donors (Lipinski definition) is 3. The van der Waals surface area contributed by atoms with Crippen molar-refractivity contribution in [3.8, 4) is 0 Å². The molecule has 2 aromatic carbocycles. The molecule has 2 amide bonds. The Morgan fingerprint density at radius 2 is 1.61 bits per heavy atom. The Balaban J connectivity index is 1.65. The van der Waals surface area contributed by atoms with Crippen molar-refractivity contribution < 1.29 is 14.0 Å². The van der Waals surface area contributed by atoms with Crippen LogP contribution in [0.4, 0.5) is 15.8 Å². The minimum Gasteiger partial charge on any atom is -0.356 e. The first-order valence-electron chi connectivity index (χ1n) is 8.93. The van der Waals surface area contributed by atoms with E-state index in [1.165, 1.54) is 6.07 Å². The van der Waals surface area contributed by atoms with Crippen LogP contribution in [0.15, 0.2) is 42.5 Å². The predicted molar refractivity (Wildman–Crippen MR) is 109 cm³/mol. The van der Waals surface area contributed by atoms with Crippen molar-refractivity contribution >= 4 is 34.1 Å². The summed E-state index contributed by atoms with van der Waals surface area (Å²) < 4.78 is 13.9. The lowest BCUT2D eigenvalue weighted by atomic mass is 10.1. The highest BCUT2D eigenvalue weighted by Crippen LogP contribution is 2.25. The number of H-pyrrole nitrogens is 1. The second-order valence-corrected chi connectivity index (χ2v) is 6.98. The van der Waals surface area contributed by atoms with E-state index in [1.807, 2.05) is 21.0 Å². The number of benzene rings is 2. The van der Waals surface area contributed by atoms with Crippen LogP contribution >= 0.6 is 0 Å². The van der Waals surface area contributed by atoms with Gasteiger partial charge in [0.05, 0.1) is 18.5 Å². The van der Waals surface area contributed by atoms with Crippen LogP contribution in [-0.4, -0.2) is 42.3 Å². The Morgan fingerprint density at radius 3 is 2.21 bits per heavy atom. The van der Waals surface area contributed by atoms with E-state index in [0.29, 0.717) is 28.8 Å². The fourth-order valence-corrected chi connectivity index (χ4v) is 3.09. The number of nitrogens with one attached hydrogen (secondary N) is 3. The van der Waals surface area contributed by atoms with Crippen LogP contribution in [0.25, 0.3) is 10.9 Å². The van der Waals surface area contributed by atoms with Crippen LogP contribution in [-0.2, 0) is 16.0 Å². The molecule has 0 unspecified atom stereocenters. The number of likely N-dealkylation sites (N-methyl/N-ethyl adjacent to an activating group) is 1. The van der Waals surface area contributed by atoms with Gasteiger partial charge in [0.25, 0.3) is 0 Å². The number of anilines is 2. The molecule has 0 aliphatic heterocycles. The molecule has 0 fully saturated rings. The molecule has 146 valence electrons. The van der Waals surface area contributed by atoms with E-state index >= 15 is 0 Å². The molecular formula is C21H23FN4O2. The fourth-order valence-electron chi connectivity index (χ4n) is 3.09. The number of amides is 2. The summed E-state index contributed by atoms with van der Waals surface area (Å²) in [6.07, 6.45) is 0.136. The molecule has 3 N–H and O–H groups in total. The van der Waals surface area contributed by atoms with E-state index in [4.69, 9.17) is 0 Å². The standard InChI is InChI=1S/C21H23FN4O2/c1-13-17(16-5-4-6-18(22)21(16)23-13)11-19(27)24-14-7-9-15(10-8-14)25-20(28)12-26(2)3/h4-10,23H,11-12H2,1-3H3,(H,24,27)(H,25,28). The maximum Gasteiger partial charge on any atom is 0.238 e. The summed E-state index contributed by atoms with van der Waals surface area (Å²) in [5.41, 5.74) is 3.25. The summed E-state index contributed by atoms with van der Waals surface area (Å²) in [5.74, 6) is -0.638. The highest BCUT2D eigenvalue weighted by Gasteiger charge is 2.14. The molecule has 0 atom stereocenters. The van der Waals surface area contributed by atoms with Gasteiger partial charge < -0.3 is 20.5 Å². The Hall–Kier alpha value is -3.19. The normalized spacial score (nSPS) is 11.0. The van der Waals surface area contributed by atoms with Gasteiger partial charge in [-0.15, -0.1) is 0 Å². The van der Waals surface area contributed by atoms with Crippen LogP contribution < -0.4 is 10.6 Å². The van der Waals surface area contributed by atoms with Crippen molar-refractivity contribution in [3.63, 3.8) is 0 Å². The van der Waals surface area contributed by atoms with Gasteiger partial charge in [0.1, 0.15) is 5.82 Å². The Labute approximate surface area is 162 Å². The number of rotatable bonds is 6. The second kappa shape index (κ2) is 8.22. The highest BCUT2D eigenvalue weighted by atomic mass is 19.1. The second-order valence-electron chi connectivity index (χ2n) is 6.98. The van der Waals surface area contributed by atoms with Crippen molar-refractivity contribution in [2.24, 2.45) is 0 Å². The summed E-state index contributed by atoms with van der Waals surface area (Å²) >= 11 is 0. The van der Waals surface area contributed by atoms with E-state index < -0.39 is 0 Å². The number of carbonyl (C=O) groups excluding carboxylic acids is 2. The average Bonchev–Trinajstić information content (AvgIpc) is 2.93. The van der Waals surface area contributed by atoms with E-state index in [1.54, 1.807) is 41.3 Å². The van der Waals surface area contributed by atoms with Gasteiger partial charge in [-0.05, 0) is 56.9 Å². The molecule has 28 heavy (non-hydrogen) atoms. The van der Waals surface area contributed by atoms with Crippen LogP contribution in [0.5, 0.6) is 0 Å². The van der Waals surface area contributed by atoms with Crippen molar-refractivity contribution in [1.29, 1.82) is 0 Å². The molecule has 0 saturated carbocycles. The molecule has 0 spiro atoms. The van der Waals surface area contributed by atoms with Crippen LogP contribution in [0, 0.1) is 12.7 Å². The maximum atomic E-state index is 13.9. The number of aromatic nitrogens is 1. The molecule has 0 bridgehead atoms. The third kappa shape index (κ3) is 4.55. The highest BCUT2D eigenvalue weighted by molar-refractivity contribution is 5.97. The summed E-state index contributed by atoms with van der Waals surface area (Å²) in [6, 6.07) is 11.7. The fraction of sp³-hybridized carbons (Fsp3) is 0.238. The average molecular weight is 382 g/mol. The Morgan fingerprint density at radius 1 is 1.00 bits per heavy atom. The molecule has 0 aliphatic carbocycles. The predicted octanol–water partition coefficient (Wildman–Crippen LogP) is 3.30. The molecule has 0 aliphatic rings. The van der Waals surface area contributed by atoms with Crippen molar-refractivity contribution in [3.05, 3.63) is 59.5 Å². The lowest BCUT2D eigenvalue weighted by Gasteiger charge is -2.11. The molecule has 3 rings (SSSR count). The lowest BCUT2D eigenvalue weighted by molar-refractivity contribution is -0.117. The molecular weight excluding hydrogens is 359 g/mol. The van der Waals surface area contributed by atoms with Crippen molar-refractivity contribution in [1.82, 2.24) is 9.88 Å². The third-order valence-corrected chi connectivity index (χ3v) is 4.35. The largest absolute Gasteiger partial charge is 0.356 e. The molecule has 3 aromatic rings. The Bertz CT molecular complexity index is 1010. The van der Waals surface area contributed by atoms with E-state index in [0.717, 1.165) is 11.3 Å². The molecule has 7 heteroatoms. The first kappa shape index (κ1) is 19.6. The topological polar surface area (TPSA) is 77.2 Å². The summed E-state index contributed by atoms with van der Waals surface area (Å²) in [6.45, 7) is 2.12. The SMILES string of the molecule is Cc1[nH]c2c(F)cccc2c1CC(=O)Nc1ccc(NC(=O)CN(C)C)cc1. The number of nitrogens with zero attached hydrogens (tertiary/aromatic N) is 1. The van der Waals surface area contributed by atoms with Gasteiger partial charge in [0, 0.05) is 22.5 Å². The third-order valence-electron chi connectivity index (χ3n) is 4.35. The van der Waals surface area contributed by atoms with Gasteiger partial charge in [-0.2, -0.15) is 0 Å². The number of fused-ring (bicyclic) bond motifs is 1. The smallest absolute Gasteiger partial charge is 0.238 e. The van der Waals surface area contributed by atoms with Crippen LogP contribution in [0.1, 0.15) is 11.3 Å². The van der Waals surface area contributed by atoms with E-state index in [9.17, 15) is 14.0 Å². The summed E-state index contributed by atoms with van der Waals surface area (Å²) in [7, 11) is 3.64. The van der Waals surface area contributed by atoms with Gasteiger partial charge in [0.2, 0.25) is 11.8 Å². The van der Waals surface area contributed by atoms with Crippen molar-refractivity contribution in [2.45, 2.75) is 13.3 Å². The summed E-state index contributed by atoms with van der Waals surface area (Å²) in [5, 5.41) is 6.34. The number of aryl methyl sites for hydroxylation is 1. The quantitative estimate of drug-likeness (QED) is 0.612. The van der Waals surface area contributed by atoms with Gasteiger partial charge in [-0.1, -0.05) is 12.1 Å². The maximum absolute atomic E-state index is 13.9. The number of para-hydroxylation sites is 1. The van der Waals surface area contributed by atoms with Crippen molar-refractivity contribution in [2.75, 3.05) is 31.3 Å². The molecule has 0 saturated heterocycles.